The molecule has 8 heteroatoms. The number of nitrogens with zero attached hydrogens (tertiary/aromatic N) is 3. The Balaban J connectivity index is 1.96. The first kappa shape index (κ1) is 14.8. The number of benzene rings is 1. The van der Waals surface area contributed by atoms with E-state index in [1.54, 1.807) is 18.2 Å². The molecule has 21 heavy (non-hydrogen) atoms. The lowest BCUT2D eigenvalue weighted by Gasteiger charge is -1.95. The molecule has 0 bridgehead atoms. The van der Waals surface area contributed by atoms with E-state index in [0.717, 1.165) is 11.4 Å². The van der Waals surface area contributed by atoms with E-state index in [2.05, 4.69) is 15.5 Å². The van der Waals surface area contributed by atoms with Crippen LogP contribution in [0.25, 0.3) is 6.08 Å². The molecule has 0 aliphatic heterocycles. The van der Waals surface area contributed by atoms with Gasteiger partial charge in [0.2, 0.25) is 11.0 Å². The Hall–Kier alpha value is -2.61. The first-order valence-corrected chi connectivity index (χ1v) is 6.96. The van der Waals surface area contributed by atoms with Crippen LogP contribution in [-0.4, -0.2) is 21.0 Å². The van der Waals surface area contributed by atoms with Crippen molar-refractivity contribution in [3.05, 3.63) is 51.0 Å². The zero-order valence-electron chi connectivity index (χ0n) is 11.1. The number of rotatable bonds is 5. The minimum absolute atomic E-state index is 0.0116. The fourth-order valence-electron chi connectivity index (χ4n) is 1.47. The van der Waals surface area contributed by atoms with Gasteiger partial charge in [0.15, 0.2) is 0 Å². The molecular weight excluding hydrogens is 292 g/mol. The zero-order valence-corrected chi connectivity index (χ0v) is 12.0. The van der Waals surface area contributed by atoms with Crippen molar-refractivity contribution in [2.75, 3.05) is 5.32 Å². The van der Waals surface area contributed by atoms with Crippen LogP contribution < -0.4 is 5.32 Å². The molecular formula is C13H12N4O3S. The predicted molar refractivity (Wildman–Crippen MR) is 80.0 cm³/mol. The lowest BCUT2D eigenvalue weighted by Crippen LogP contribution is -2.07. The summed E-state index contributed by atoms with van der Waals surface area (Å²) in [5.41, 5.74) is 0.708. The number of aromatic nitrogens is 2. The molecule has 1 N–H and O–H groups in total. The molecule has 1 heterocycles. The number of aryl methyl sites for hydroxylation is 1. The second kappa shape index (κ2) is 6.71. The standard InChI is InChI=1S/C13H12N4O3S/c1-2-12-15-16-13(21-12)14-11(18)8-5-9-3-6-10(7-4-9)17(19)20/h3-8H,2H2,1H3,(H,14,16,18)/b8-5-. The van der Waals surface area contributed by atoms with Crippen LogP contribution in [0.2, 0.25) is 0 Å². The van der Waals surface area contributed by atoms with Crippen molar-refractivity contribution < 1.29 is 9.72 Å². The first-order chi connectivity index (χ1) is 10.1. The molecule has 108 valence electrons. The Morgan fingerprint density at radius 2 is 2.10 bits per heavy atom. The minimum atomic E-state index is -0.471. The van der Waals surface area contributed by atoms with E-state index >= 15 is 0 Å². The van der Waals surface area contributed by atoms with Crippen LogP contribution in [0.1, 0.15) is 17.5 Å². The number of nitro groups is 1. The second-order valence-electron chi connectivity index (χ2n) is 4.03. The summed E-state index contributed by atoms with van der Waals surface area (Å²) in [5, 5.41) is 22.2. The lowest BCUT2D eigenvalue weighted by atomic mass is 10.2. The topological polar surface area (TPSA) is 98.0 Å². The normalized spacial score (nSPS) is 10.7. The van der Waals surface area contributed by atoms with Crippen LogP contribution in [0.3, 0.4) is 0 Å². The number of carbonyl (C=O) groups is 1. The SMILES string of the molecule is CCc1nnc(NC(=O)/C=C\c2ccc([N+](=O)[O-])cc2)s1. The molecule has 2 rings (SSSR count). The molecule has 1 amide bonds. The highest BCUT2D eigenvalue weighted by atomic mass is 32.1. The van der Waals surface area contributed by atoms with Crippen molar-refractivity contribution in [2.45, 2.75) is 13.3 Å². The third-order valence-corrected chi connectivity index (χ3v) is 3.51. The summed E-state index contributed by atoms with van der Waals surface area (Å²) in [7, 11) is 0. The maximum Gasteiger partial charge on any atom is 0.269 e. The van der Waals surface area contributed by atoms with Gasteiger partial charge in [0.25, 0.3) is 5.69 Å². The van der Waals surface area contributed by atoms with E-state index < -0.39 is 4.92 Å². The van der Waals surface area contributed by atoms with E-state index in [1.807, 2.05) is 6.92 Å². The van der Waals surface area contributed by atoms with Crippen LogP contribution in [0, 0.1) is 10.1 Å². The van der Waals surface area contributed by atoms with Crippen molar-refractivity contribution in [1.82, 2.24) is 10.2 Å². The summed E-state index contributed by atoms with van der Waals surface area (Å²) in [6, 6.07) is 5.91. The molecule has 0 fully saturated rings. The third-order valence-electron chi connectivity index (χ3n) is 2.53. The van der Waals surface area contributed by atoms with Gasteiger partial charge < -0.3 is 0 Å². The average Bonchev–Trinajstić information content (AvgIpc) is 2.93. The van der Waals surface area contributed by atoms with Gasteiger partial charge in [-0.05, 0) is 30.2 Å². The van der Waals surface area contributed by atoms with Crippen LogP contribution in [0.5, 0.6) is 0 Å². The molecule has 0 aliphatic carbocycles. The molecule has 0 radical (unpaired) electrons. The maximum absolute atomic E-state index is 11.7. The summed E-state index contributed by atoms with van der Waals surface area (Å²) in [4.78, 5) is 21.7. The van der Waals surface area contributed by atoms with Gasteiger partial charge in [-0.1, -0.05) is 18.3 Å². The minimum Gasteiger partial charge on any atom is -0.297 e. The number of nitro benzene ring substituents is 1. The van der Waals surface area contributed by atoms with Crippen LogP contribution in [-0.2, 0) is 11.2 Å². The lowest BCUT2D eigenvalue weighted by molar-refractivity contribution is -0.384. The first-order valence-electron chi connectivity index (χ1n) is 6.14. The Labute approximate surface area is 124 Å². The average molecular weight is 304 g/mol. The van der Waals surface area contributed by atoms with Crippen molar-refractivity contribution in [1.29, 1.82) is 0 Å². The summed E-state index contributed by atoms with van der Waals surface area (Å²) < 4.78 is 0. The van der Waals surface area contributed by atoms with E-state index in [1.165, 1.54) is 29.5 Å². The molecule has 0 unspecified atom stereocenters. The second-order valence-corrected chi connectivity index (χ2v) is 5.09. The van der Waals surface area contributed by atoms with Gasteiger partial charge in [-0.25, -0.2) is 0 Å². The highest BCUT2D eigenvalue weighted by molar-refractivity contribution is 7.15. The number of anilines is 1. The number of hydrogen-bond acceptors (Lipinski definition) is 6. The van der Waals surface area contributed by atoms with E-state index in [4.69, 9.17) is 0 Å². The molecule has 1 aromatic carbocycles. The largest absolute Gasteiger partial charge is 0.297 e. The fraction of sp³-hybridized carbons (Fsp3) is 0.154. The zero-order chi connectivity index (χ0) is 15.2. The molecule has 2 aromatic rings. The van der Waals surface area contributed by atoms with Gasteiger partial charge >= 0.3 is 0 Å². The van der Waals surface area contributed by atoms with Crippen molar-refractivity contribution in [3.63, 3.8) is 0 Å². The molecule has 0 atom stereocenters. The van der Waals surface area contributed by atoms with Crippen LogP contribution >= 0.6 is 11.3 Å². The number of carbonyl (C=O) groups excluding carboxylic acids is 1. The van der Waals surface area contributed by atoms with Crippen molar-refractivity contribution in [2.24, 2.45) is 0 Å². The van der Waals surface area contributed by atoms with Gasteiger partial charge in [-0.2, -0.15) is 0 Å². The molecule has 0 aliphatic rings. The van der Waals surface area contributed by atoms with Crippen molar-refractivity contribution in [3.8, 4) is 0 Å². The Morgan fingerprint density at radius 1 is 1.38 bits per heavy atom. The Bertz CT molecular complexity index is 679. The highest BCUT2D eigenvalue weighted by Crippen LogP contribution is 2.16. The monoisotopic (exact) mass is 304 g/mol. The van der Waals surface area contributed by atoms with Gasteiger partial charge in [0.05, 0.1) is 4.92 Å². The molecule has 7 nitrogen and oxygen atoms in total. The van der Waals surface area contributed by atoms with Crippen LogP contribution in [0.15, 0.2) is 30.3 Å². The third kappa shape index (κ3) is 4.18. The quantitative estimate of drug-likeness (QED) is 0.520. The molecule has 0 saturated carbocycles. The predicted octanol–water partition coefficient (Wildman–Crippen LogP) is 2.66. The Morgan fingerprint density at radius 3 is 2.67 bits per heavy atom. The maximum atomic E-state index is 11.7. The van der Waals surface area contributed by atoms with Gasteiger partial charge in [0.1, 0.15) is 5.01 Å². The summed E-state index contributed by atoms with van der Waals surface area (Å²) in [6.45, 7) is 1.96. The molecule has 0 saturated heterocycles. The van der Waals surface area contributed by atoms with E-state index in [0.29, 0.717) is 10.7 Å². The van der Waals surface area contributed by atoms with Crippen LogP contribution in [0.4, 0.5) is 10.8 Å². The Kier molecular flexibility index (Phi) is 4.72. The number of nitrogens with one attached hydrogen (secondary N) is 1. The summed E-state index contributed by atoms with van der Waals surface area (Å²) in [6.07, 6.45) is 3.68. The number of amides is 1. The summed E-state index contributed by atoms with van der Waals surface area (Å²) in [5.74, 6) is -0.327. The van der Waals surface area contributed by atoms with E-state index in [-0.39, 0.29) is 11.6 Å². The molecule has 1 aromatic heterocycles. The van der Waals surface area contributed by atoms with Gasteiger partial charge in [-0.3, -0.25) is 20.2 Å². The highest BCUT2D eigenvalue weighted by Gasteiger charge is 2.05. The summed E-state index contributed by atoms with van der Waals surface area (Å²) >= 11 is 1.33. The van der Waals surface area contributed by atoms with Gasteiger partial charge in [0, 0.05) is 18.2 Å². The number of hydrogen-bond donors (Lipinski definition) is 1. The molecule has 0 spiro atoms. The van der Waals surface area contributed by atoms with Crippen molar-refractivity contribution >= 4 is 34.1 Å². The van der Waals surface area contributed by atoms with E-state index in [9.17, 15) is 14.9 Å². The smallest absolute Gasteiger partial charge is 0.269 e. The fourth-order valence-corrected chi connectivity index (χ4v) is 2.16. The number of non-ortho nitro benzene ring substituents is 1. The van der Waals surface area contributed by atoms with Gasteiger partial charge in [-0.15, -0.1) is 10.2 Å².